The van der Waals surface area contributed by atoms with Crippen LogP contribution >= 0.6 is 0 Å². The van der Waals surface area contributed by atoms with Gasteiger partial charge in [-0.2, -0.15) is 0 Å². The van der Waals surface area contributed by atoms with Crippen molar-refractivity contribution >= 4 is 20.7 Å². The predicted molar refractivity (Wildman–Crippen MR) is 129 cm³/mol. The highest BCUT2D eigenvalue weighted by molar-refractivity contribution is 7.90. The van der Waals surface area contributed by atoms with E-state index in [9.17, 15) is 13.2 Å². The van der Waals surface area contributed by atoms with Gasteiger partial charge in [0.05, 0.1) is 53.1 Å². The second-order valence-corrected chi connectivity index (χ2v) is 10.8. The van der Waals surface area contributed by atoms with Crippen LogP contribution in [-0.2, 0) is 20.3 Å². The van der Waals surface area contributed by atoms with Crippen molar-refractivity contribution in [3.63, 3.8) is 0 Å². The maximum absolute atomic E-state index is 15.1. The van der Waals surface area contributed by atoms with Crippen molar-refractivity contribution in [1.29, 1.82) is 0 Å². The Morgan fingerprint density at radius 2 is 1.97 bits per heavy atom. The van der Waals surface area contributed by atoms with Crippen molar-refractivity contribution in [1.82, 2.24) is 9.72 Å². The van der Waals surface area contributed by atoms with Crippen LogP contribution in [0.4, 0.5) is 4.39 Å². The van der Waals surface area contributed by atoms with E-state index >= 15 is 4.39 Å². The number of pyridine rings is 1. The number of methoxy groups -OCH3 is 1. The monoisotopic (exact) mass is 508 g/mol. The van der Waals surface area contributed by atoms with Gasteiger partial charge in [0.1, 0.15) is 23.6 Å². The number of sulfone groups is 1. The Morgan fingerprint density at radius 1 is 1.17 bits per heavy atom. The number of aromatic nitrogens is 2. The van der Waals surface area contributed by atoms with E-state index in [-0.39, 0.29) is 38.8 Å². The predicted octanol–water partition coefficient (Wildman–Crippen LogP) is 3.49. The maximum Gasteiger partial charge on any atom is 0.255 e. The molecule has 2 aromatic heterocycles. The minimum Gasteiger partial charge on any atom is -0.495 e. The lowest BCUT2D eigenvalue weighted by Gasteiger charge is -2.32. The van der Waals surface area contributed by atoms with Gasteiger partial charge in [0.2, 0.25) is 0 Å². The number of halogens is 1. The van der Waals surface area contributed by atoms with E-state index in [0.29, 0.717) is 24.1 Å². The fourth-order valence-electron chi connectivity index (χ4n) is 3.93. The first-order valence-corrected chi connectivity index (χ1v) is 12.6. The van der Waals surface area contributed by atoms with Gasteiger partial charge in [0.15, 0.2) is 9.84 Å². The van der Waals surface area contributed by atoms with Crippen LogP contribution in [0.5, 0.6) is 5.75 Å². The highest BCUT2D eigenvalue weighted by Gasteiger charge is 2.31. The third-order valence-corrected chi connectivity index (χ3v) is 7.55. The van der Waals surface area contributed by atoms with E-state index in [2.05, 4.69) is 17.0 Å². The van der Waals surface area contributed by atoms with E-state index in [1.807, 2.05) is 6.92 Å². The number of nitrogens with zero attached hydrogens (tertiary/aromatic N) is 2. The van der Waals surface area contributed by atoms with Crippen molar-refractivity contribution in [3.05, 3.63) is 82.2 Å². The molecule has 1 saturated heterocycles. The first-order valence-electron chi connectivity index (χ1n) is 11.0. The molecular weight excluding hydrogens is 487 g/mol. The van der Waals surface area contributed by atoms with Crippen LogP contribution in [0.15, 0.2) is 69.0 Å². The summed E-state index contributed by atoms with van der Waals surface area (Å²) in [5.41, 5.74) is 0.222. The molecule has 184 valence electrons. The van der Waals surface area contributed by atoms with Gasteiger partial charge in [0.25, 0.3) is 5.56 Å². The van der Waals surface area contributed by atoms with E-state index in [1.165, 1.54) is 66.5 Å². The molecule has 0 amide bonds. The van der Waals surface area contributed by atoms with Crippen LogP contribution in [0.3, 0.4) is 0 Å². The summed E-state index contributed by atoms with van der Waals surface area (Å²) >= 11 is 0. The molecule has 0 bridgehead atoms. The summed E-state index contributed by atoms with van der Waals surface area (Å²) in [6, 6.07) is 11.3. The van der Waals surface area contributed by atoms with Crippen LogP contribution in [0.25, 0.3) is 16.6 Å². The molecule has 3 heterocycles. The second kappa shape index (κ2) is 8.93. The summed E-state index contributed by atoms with van der Waals surface area (Å²) in [7, 11) is -2.31. The molecule has 10 heteroatoms. The Morgan fingerprint density at radius 3 is 2.64 bits per heavy atom. The molecule has 0 unspecified atom stereocenters. The minimum absolute atomic E-state index is 0.0560. The number of rotatable bonds is 5. The molecular formula is C26H21FN2O6S. The highest BCUT2D eigenvalue weighted by atomic mass is 32.2. The standard InChI is InChI=1S/C26H21FN2O6S/c1-26(15-34-16-26)9-7-17-12-24(33-2)23(13-21(17)27)29-22-5-4-20(11-18(22)3-6-25(29)30)36(31,32)14-19-8-10-35-28-19/h3-6,8,10-13H,14-16H2,1-2H3. The smallest absolute Gasteiger partial charge is 0.255 e. The Hall–Kier alpha value is -3.94. The van der Waals surface area contributed by atoms with Crippen molar-refractivity contribution in [2.24, 2.45) is 5.41 Å². The number of benzene rings is 2. The summed E-state index contributed by atoms with van der Waals surface area (Å²) < 4.78 is 57.5. The summed E-state index contributed by atoms with van der Waals surface area (Å²) in [6.45, 7) is 2.90. The molecule has 0 atom stereocenters. The zero-order chi connectivity index (χ0) is 25.5. The van der Waals surface area contributed by atoms with Gasteiger partial charge in [0, 0.05) is 29.7 Å². The molecule has 0 radical (unpaired) electrons. The van der Waals surface area contributed by atoms with Gasteiger partial charge in [-0.15, -0.1) is 0 Å². The van der Waals surface area contributed by atoms with Gasteiger partial charge in [-0.05, 0) is 31.2 Å². The number of fused-ring (bicyclic) bond motifs is 1. The molecule has 4 aromatic rings. The average molecular weight is 509 g/mol. The van der Waals surface area contributed by atoms with Crippen LogP contribution in [0, 0.1) is 23.1 Å². The van der Waals surface area contributed by atoms with Crippen molar-refractivity contribution < 1.29 is 26.8 Å². The minimum atomic E-state index is -3.72. The van der Waals surface area contributed by atoms with E-state index in [1.54, 1.807) is 0 Å². The lowest BCUT2D eigenvalue weighted by Crippen LogP contribution is -2.38. The molecule has 1 aliphatic rings. The number of ether oxygens (including phenoxy) is 2. The second-order valence-electron chi connectivity index (χ2n) is 8.78. The molecule has 8 nitrogen and oxygen atoms in total. The molecule has 5 rings (SSSR count). The SMILES string of the molecule is COc1cc(C#CC2(C)COC2)c(F)cc1-n1c(=O)ccc2cc(S(=O)(=O)Cc3ccon3)ccc21. The lowest BCUT2D eigenvalue weighted by molar-refractivity contribution is -0.0648. The zero-order valence-corrected chi connectivity index (χ0v) is 20.3. The average Bonchev–Trinajstić information content (AvgIpc) is 3.34. The third-order valence-electron chi connectivity index (χ3n) is 5.90. The van der Waals surface area contributed by atoms with Gasteiger partial charge in [-0.1, -0.05) is 17.0 Å². The van der Waals surface area contributed by atoms with Gasteiger partial charge in [-0.3, -0.25) is 9.36 Å². The lowest BCUT2D eigenvalue weighted by atomic mass is 9.89. The topological polar surface area (TPSA) is 101 Å². The van der Waals surface area contributed by atoms with E-state index < -0.39 is 21.2 Å². The van der Waals surface area contributed by atoms with E-state index in [0.717, 1.165) is 0 Å². The molecule has 1 fully saturated rings. The summed E-state index contributed by atoms with van der Waals surface area (Å²) in [4.78, 5) is 13.0. The maximum atomic E-state index is 15.1. The van der Waals surface area contributed by atoms with Crippen molar-refractivity contribution in [2.75, 3.05) is 20.3 Å². The van der Waals surface area contributed by atoms with Crippen LogP contribution in [0.1, 0.15) is 18.2 Å². The summed E-state index contributed by atoms with van der Waals surface area (Å²) in [5.74, 6) is 5.18. The van der Waals surface area contributed by atoms with Crippen LogP contribution < -0.4 is 10.3 Å². The number of hydrogen-bond acceptors (Lipinski definition) is 7. The Bertz CT molecular complexity index is 1690. The van der Waals surface area contributed by atoms with Gasteiger partial charge in [-0.25, -0.2) is 12.8 Å². The first-order chi connectivity index (χ1) is 17.2. The molecule has 2 aromatic carbocycles. The first kappa shape index (κ1) is 23.8. The molecule has 1 aliphatic heterocycles. The zero-order valence-electron chi connectivity index (χ0n) is 19.4. The molecule has 0 saturated carbocycles. The van der Waals surface area contributed by atoms with Crippen molar-refractivity contribution in [2.45, 2.75) is 17.6 Å². The fraction of sp³-hybridized carbons (Fsp3) is 0.231. The largest absolute Gasteiger partial charge is 0.495 e. The quantitative estimate of drug-likeness (QED) is 0.381. The van der Waals surface area contributed by atoms with Crippen LogP contribution in [0.2, 0.25) is 0 Å². The summed E-state index contributed by atoms with van der Waals surface area (Å²) in [5, 5.41) is 4.13. The molecule has 36 heavy (non-hydrogen) atoms. The summed E-state index contributed by atoms with van der Waals surface area (Å²) in [6.07, 6.45) is 1.30. The van der Waals surface area contributed by atoms with Gasteiger partial charge < -0.3 is 14.0 Å². The van der Waals surface area contributed by atoms with Crippen molar-refractivity contribution in [3.8, 4) is 23.3 Å². The normalized spacial score (nSPS) is 14.6. The Kier molecular flexibility index (Phi) is 5.90. The van der Waals surface area contributed by atoms with Crippen LogP contribution in [-0.4, -0.2) is 38.5 Å². The Balaban J connectivity index is 1.60. The van der Waals surface area contributed by atoms with Gasteiger partial charge >= 0.3 is 0 Å². The highest BCUT2D eigenvalue weighted by Crippen LogP contribution is 2.30. The number of hydrogen-bond donors (Lipinski definition) is 0. The fourth-order valence-corrected chi connectivity index (χ4v) is 5.22. The van der Waals surface area contributed by atoms with E-state index in [4.69, 9.17) is 14.0 Å². The third kappa shape index (κ3) is 4.39. The molecule has 0 N–H and O–H groups in total. The molecule has 0 aliphatic carbocycles. The Labute approximate surface area is 206 Å². The molecule has 0 spiro atoms.